The molecule has 2 unspecified atom stereocenters. The van der Waals surface area contributed by atoms with Crippen LogP contribution in [0.25, 0.3) is 0 Å². The second-order valence-corrected chi connectivity index (χ2v) is 9.84. The van der Waals surface area contributed by atoms with Gasteiger partial charge in [-0.25, -0.2) is 4.98 Å². The summed E-state index contributed by atoms with van der Waals surface area (Å²) in [5.41, 5.74) is 3.29. The molecule has 9 heteroatoms. The van der Waals surface area contributed by atoms with Crippen molar-refractivity contribution in [2.24, 2.45) is 0 Å². The van der Waals surface area contributed by atoms with Crippen LogP contribution in [0.4, 0.5) is 5.82 Å². The number of nitrogens with one attached hydrogen (secondary N) is 3. The molecule has 0 spiro atoms. The monoisotopic (exact) mass is 516 g/mol. The molecule has 4 rings (SSSR count). The van der Waals surface area contributed by atoms with E-state index in [1.165, 1.54) is 0 Å². The van der Waals surface area contributed by atoms with E-state index < -0.39 is 5.92 Å². The van der Waals surface area contributed by atoms with Gasteiger partial charge in [-0.3, -0.25) is 9.59 Å². The summed E-state index contributed by atoms with van der Waals surface area (Å²) in [6, 6.07) is 1.80. The van der Waals surface area contributed by atoms with Gasteiger partial charge in [0.2, 0.25) is 11.8 Å². The first-order chi connectivity index (χ1) is 15.9. The summed E-state index contributed by atoms with van der Waals surface area (Å²) in [5, 5.41) is 9.31. The Morgan fingerprint density at radius 3 is 2.76 bits per heavy atom. The van der Waals surface area contributed by atoms with E-state index in [0.29, 0.717) is 12.4 Å². The molecule has 1 aromatic rings. The van der Waals surface area contributed by atoms with Gasteiger partial charge in [0.05, 0.1) is 12.0 Å². The highest BCUT2D eigenvalue weighted by Gasteiger charge is 2.34. The fraction of sp³-hybridized carbons (Fsp3) is 0.542. The highest BCUT2D eigenvalue weighted by atomic mass is 79.9. The van der Waals surface area contributed by atoms with E-state index in [9.17, 15) is 9.59 Å². The molecule has 1 aromatic heterocycles. The zero-order chi connectivity index (χ0) is 23.5. The van der Waals surface area contributed by atoms with Gasteiger partial charge in [-0.15, -0.1) is 0 Å². The summed E-state index contributed by atoms with van der Waals surface area (Å²) in [5.74, 6) is 0.00690. The summed E-state index contributed by atoms with van der Waals surface area (Å²) in [6.07, 6.45) is 4.51. The number of pyridine rings is 1. The van der Waals surface area contributed by atoms with Gasteiger partial charge in [0.1, 0.15) is 5.82 Å². The van der Waals surface area contributed by atoms with Crippen LogP contribution in [0.15, 0.2) is 39.7 Å². The van der Waals surface area contributed by atoms with Crippen molar-refractivity contribution in [1.29, 1.82) is 0 Å². The van der Waals surface area contributed by atoms with Crippen molar-refractivity contribution in [3.05, 3.63) is 45.2 Å². The zero-order valence-electron chi connectivity index (χ0n) is 19.6. The van der Waals surface area contributed by atoms with Gasteiger partial charge in [-0.05, 0) is 67.0 Å². The Labute approximate surface area is 204 Å². The fourth-order valence-corrected chi connectivity index (χ4v) is 5.17. The van der Waals surface area contributed by atoms with E-state index in [0.717, 1.165) is 72.6 Å². The number of halogens is 1. The summed E-state index contributed by atoms with van der Waals surface area (Å²) in [4.78, 5) is 34.7. The molecular formula is C24H33BrN6O2. The number of piperazine rings is 1. The molecule has 0 radical (unpaired) electrons. The molecular weight excluding hydrogens is 484 g/mol. The number of hydrogen-bond donors (Lipinski definition) is 3. The number of rotatable bonds is 7. The lowest BCUT2D eigenvalue weighted by atomic mass is 9.99. The van der Waals surface area contributed by atoms with Crippen LogP contribution in [0, 0.1) is 0 Å². The number of hydrogen-bond acceptors (Lipinski definition) is 6. The average Bonchev–Trinajstić information content (AvgIpc) is 3.26. The number of likely N-dealkylation sites (N-methyl/N-ethyl adjacent to an activating group) is 1. The molecule has 3 aliphatic heterocycles. The van der Waals surface area contributed by atoms with Crippen LogP contribution in [0.1, 0.15) is 38.7 Å². The van der Waals surface area contributed by atoms with Crippen LogP contribution < -0.4 is 16.0 Å². The van der Waals surface area contributed by atoms with Crippen molar-refractivity contribution >= 4 is 33.6 Å². The van der Waals surface area contributed by atoms with Crippen molar-refractivity contribution in [3.8, 4) is 0 Å². The topological polar surface area (TPSA) is 89.6 Å². The van der Waals surface area contributed by atoms with Crippen molar-refractivity contribution in [2.45, 2.75) is 39.2 Å². The van der Waals surface area contributed by atoms with E-state index in [1.54, 1.807) is 6.20 Å². The quantitative estimate of drug-likeness (QED) is 0.481. The predicted molar refractivity (Wildman–Crippen MR) is 133 cm³/mol. The van der Waals surface area contributed by atoms with Gasteiger partial charge in [0.15, 0.2) is 0 Å². The highest BCUT2D eigenvalue weighted by Crippen LogP contribution is 2.36. The highest BCUT2D eigenvalue weighted by molar-refractivity contribution is 9.10. The molecule has 2 atom stereocenters. The smallest absolute Gasteiger partial charge is 0.249 e. The minimum Gasteiger partial charge on any atom is -0.378 e. The predicted octanol–water partition coefficient (Wildman–Crippen LogP) is 2.22. The average molecular weight is 517 g/mol. The molecule has 3 aliphatic rings. The van der Waals surface area contributed by atoms with Gasteiger partial charge < -0.3 is 25.8 Å². The van der Waals surface area contributed by atoms with Crippen molar-refractivity contribution < 1.29 is 9.59 Å². The standard InChI is InChI=1S/C24H33BrN6O2/c1-4-30-8-10-31(11-9-30)7-5-6-26-24(33)21-15(2)20(28-16(21)3)13-19-18-12-17(25)14-27-22(18)29-23(19)32/h12-14,16,19,28H,4-11H2,1-3H3,(H,26,33)(H,27,29,32)/b20-13-. The second kappa shape index (κ2) is 10.4. The summed E-state index contributed by atoms with van der Waals surface area (Å²) < 4.78 is 0.827. The fourth-order valence-electron chi connectivity index (χ4n) is 4.82. The Bertz CT molecular complexity index is 983. The molecule has 3 N–H and O–H groups in total. The molecule has 4 heterocycles. The SMILES string of the molecule is CCN1CCN(CCCNC(=O)C2=C(C)/C(=C/C3C(=O)Nc4ncc(Br)cc43)NC2C)CC1. The van der Waals surface area contributed by atoms with Gasteiger partial charge in [-0.2, -0.15) is 0 Å². The maximum absolute atomic E-state index is 12.9. The zero-order valence-corrected chi connectivity index (χ0v) is 21.2. The van der Waals surface area contributed by atoms with Crippen LogP contribution in [0.2, 0.25) is 0 Å². The molecule has 1 saturated heterocycles. The lowest BCUT2D eigenvalue weighted by Crippen LogP contribution is -2.46. The number of aromatic nitrogens is 1. The molecule has 33 heavy (non-hydrogen) atoms. The first-order valence-electron chi connectivity index (χ1n) is 11.8. The molecule has 0 aromatic carbocycles. The Kier molecular flexibility index (Phi) is 7.51. The first-order valence-corrected chi connectivity index (χ1v) is 12.6. The Hall–Kier alpha value is -2.23. The van der Waals surface area contributed by atoms with Gasteiger partial charge in [-0.1, -0.05) is 6.92 Å². The van der Waals surface area contributed by atoms with Crippen LogP contribution in [0.3, 0.4) is 0 Å². The molecule has 8 nitrogen and oxygen atoms in total. The third-order valence-corrected chi connectivity index (χ3v) is 7.22. The summed E-state index contributed by atoms with van der Waals surface area (Å²) in [7, 11) is 0. The number of anilines is 1. The van der Waals surface area contributed by atoms with Crippen LogP contribution in [0.5, 0.6) is 0 Å². The number of allylic oxidation sites excluding steroid dienone is 1. The number of amides is 2. The van der Waals surface area contributed by atoms with Crippen molar-refractivity contribution in [3.63, 3.8) is 0 Å². The number of fused-ring (bicyclic) bond motifs is 1. The van der Waals surface area contributed by atoms with E-state index in [-0.39, 0.29) is 17.9 Å². The second-order valence-electron chi connectivity index (χ2n) is 8.93. The van der Waals surface area contributed by atoms with Gasteiger partial charge in [0, 0.05) is 60.2 Å². The van der Waals surface area contributed by atoms with Crippen LogP contribution in [-0.2, 0) is 9.59 Å². The minimum atomic E-state index is -0.440. The van der Waals surface area contributed by atoms with E-state index in [2.05, 4.69) is 53.6 Å². The Morgan fingerprint density at radius 1 is 1.30 bits per heavy atom. The number of nitrogens with zero attached hydrogens (tertiary/aromatic N) is 3. The minimum absolute atomic E-state index is 0.0348. The molecule has 178 valence electrons. The Balaban J connectivity index is 1.35. The van der Waals surface area contributed by atoms with E-state index >= 15 is 0 Å². The van der Waals surface area contributed by atoms with Crippen LogP contribution in [-0.4, -0.2) is 78.5 Å². The summed E-state index contributed by atoms with van der Waals surface area (Å²) >= 11 is 3.43. The molecule has 0 aliphatic carbocycles. The molecule has 2 amide bonds. The van der Waals surface area contributed by atoms with Crippen molar-refractivity contribution in [2.75, 3.05) is 51.1 Å². The number of carbonyl (C=O) groups is 2. The third-order valence-electron chi connectivity index (χ3n) is 6.78. The number of carbonyl (C=O) groups excluding carboxylic acids is 2. The first kappa shape index (κ1) is 23.9. The molecule has 0 saturated carbocycles. The summed E-state index contributed by atoms with van der Waals surface area (Å²) in [6.45, 7) is 13.4. The maximum Gasteiger partial charge on any atom is 0.249 e. The van der Waals surface area contributed by atoms with E-state index in [4.69, 9.17) is 0 Å². The lowest BCUT2D eigenvalue weighted by molar-refractivity contribution is -0.118. The van der Waals surface area contributed by atoms with Crippen LogP contribution >= 0.6 is 15.9 Å². The van der Waals surface area contributed by atoms with E-state index in [1.807, 2.05) is 26.0 Å². The largest absolute Gasteiger partial charge is 0.378 e. The van der Waals surface area contributed by atoms with Gasteiger partial charge >= 0.3 is 0 Å². The molecule has 1 fully saturated rings. The Morgan fingerprint density at radius 2 is 2.03 bits per heavy atom. The molecule has 0 bridgehead atoms. The van der Waals surface area contributed by atoms with Gasteiger partial charge in [0.25, 0.3) is 0 Å². The van der Waals surface area contributed by atoms with Crippen molar-refractivity contribution in [1.82, 2.24) is 25.4 Å². The normalized spacial score (nSPS) is 24.7. The third kappa shape index (κ3) is 5.31. The lowest BCUT2D eigenvalue weighted by Gasteiger charge is -2.33. The maximum atomic E-state index is 12.9.